The van der Waals surface area contributed by atoms with Gasteiger partial charge < -0.3 is 10.4 Å². The van der Waals surface area contributed by atoms with E-state index < -0.39 is 0 Å². The summed E-state index contributed by atoms with van der Waals surface area (Å²) in [4.78, 5) is 11.9. The minimum atomic E-state index is -0.261. The van der Waals surface area contributed by atoms with Crippen molar-refractivity contribution >= 4 is 21.6 Å². The lowest BCUT2D eigenvalue weighted by atomic mass is 10.1. The summed E-state index contributed by atoms with van der Waals surface area (Å²) in [6.07, 6.45) is 7.51. The molecular formula is C15H14BrN3O2. The van der Waals surface area contributed by atoms with E-state index in [0.29, 0.717) is 16.7 Å². The largest absolute Gasteiger partial charge is 0.508 e. The van der Waals surface area contributed by atoms with Gasteiger partial charge in [0.25, 0.3) is 5.56 Å². The predicted molar refractivity (Wildman–Crippen MR) is 85.3 cm³/mol. The summed E-state index contributed by atoms with van der Waals surface area (Å²) in [5, 5.41) is 16.4. The van der Waals surface area contributed by atoms with E-state index in [1.807, 2.05) is 12.1 Å². The molecule has 2 aromatic rings. The molecule has 0 radical (unpaired) electrons. The number of nitrogens with zero attached hydrogens (tertiary/aromatic N) is 2. The molecule has 108 valence electrons. The summed E-state index contributed by atoms with van der Waals surface area (Å²) in [6, 6.07) is 7.01. The minimum Gasteiger partial charge on any atom is -0.508 e. The van der Waals surface area contributed by atoms with Crippen LogP contribution in [0.4, 0.5) is 5.69 Å². The molecule has 0 saturated heterocycles. The molecule has 0 saturated carbocycles. The smallest absolute Gasteiger partial charge is 0.284 e. The number of anilines is 1. The lowest BCUT2D eigenvalue weighted by Gasteiger charge is -2.09. The first kappa shape index (κ1) is 15.1. The molecule has 2 rings (SSSR count). The molecule has 0 amide bonds. The third-order valence-corrected chi connectivity index (χ3v) is 3.66. The van der Waals surface area contributed by atoms with Crippen LogP contribution < -0.4 is 10.9 Å². The highest BCUT2D eigenvalue weighted by Crippen LogP contribution is 2.16. The number of aromatic hydroxyl groups is 1. The average molecular weight is 348 g/mol. The predicted octanol–water partition coefficient (Wildman–Crippen LogP) is 2.00. The van der Waals surface area contributed by atoms with E-state index in [-0.39, 0.29) is 17.9 Å². The van der Waals surface area contributed by atoms with E-state index in [1.54, 1.807) is 18.3 Å². The van der Waals surface area contributed by atoms with Gasteiger partial charge in [-0.3, -0.25) is 4.79 Å². The van der Waals surface area contributed by atoms with Crippen molar-refractivity contribution in [2.75, 3.05) is 11.9 Å². The van der Waals surface area contributed by atoms with Gasteiger partial charge in [0.15, 0.2) is 0 Å². The van der Waals surface area contributed by atoms with E-state index >= 15 is 0 Å². The van der Waals surface area contributed by atoms with Crippen LogP contribution in [0.3, 0.4) is 0 Å². The summed E-state index contributed by atoms with van der Waals surface area (Å²) < 4.78 is 1.63. The Morgan fingerprint density at radius 2 is 2.10 bits per heavy atom. The number of rotatable bonds is 5. The fourth-order valence-corrected chi connectivity index (χ4v) is 2.24. The van der Waals surface area contributed by atoms with Crippen LogP contribution in [-0.4, -0.2) is 21.4 Å². The molecule has 0 atom stereocenters. The van der Waals surface area contributed by atoms with Gasteiger partial charge in [0.05, 0.1) is 11.9 Å². The van der Waals surface area contributed by atoms with Crippen LogP contribution >= 0.6 is 15.9 Å². The van der Waals surface area contributed by atoms with Crippen LogP contribution in [0.15, 0.2) is 39.7 Å². The molecule has 5 nitrogen and oxygen atoms in total. The number of hydrogen-bond acceptors (Lipinski definition) is 4. The second kappa shape index (κ2) is 6.95. The Hall–Kier alpha value is -2.26. The maximum absolute atomic E-state index is 11.9. The van der Waals surface area contributed by atoms with Gasteiger partial charge in [-0.1, -0.05) is 18.1 Å². The summed E-state index contributed by atoms with van der Waals surface area (Å²) in [5.41, 5.74) is 1.46. The van der Waals surface area contributed by atoms with Crippen molar-refractivity contribution in [3.8, 4) is 18.1 Å². The van der Waals surface area contributed by atoms with Crippen molar-refractivity contribution in [2.24, 2.45) is 0 Å². The number of hydrogen-bond donors (Lipinski definition) is 2. The zero-order chi connectivity index (χ0) is 15.2. The van der Waals surface area contributed by atoms with Gasteiger partial charge in [-0.25, -0.2) is 4.68 Å². The molecule has 0 spiro atoms. The zero-order valence-electron chi connectivity index (χ0n) is 11.2. The molecule has 6 heteroatoms. The molecule has 0 fully saturated rings. The van der Waals surface area contributed by atoms with Gasteiger partial charge in [-0.15, -0.1) is 6.42 Å². The van der Waals surface area contributed by atoms with E-state index in [4.69, 9.17) is 6.42 Å². The van der Waals surface area contributed by atoms with Crippen LogP contribution in [-0.2, 0) is 13.0 Å². The fraction of sp³-hybridized carbons (Fsp3) is 0.200. The Morgan fingerprint density at radius 3 is 2.76 bits per heavy atom. The first-order valence-electron chi connectivity index (χ1n) is 6.32. The maximum Gasteiger partial charge on any atom is 0.284 e. The normalized spacial score (nSPS) is 10.1. The SMILES string of the molecule is C#CCn1ncc(NCCc2ccc(O)cc2)c(Br)c1=O. The van der Waals surface area contributed by atoms with Crippen molar-refractivity contribution in [2.45, 2.75) is 13.0 Å². The topological polar surface area (TPSA) is 67.2 Å². The van der Waals surface area contributed by atoms with Crippen LogP contribution in [0.25, 0.3) is 0 Å². The summed E-state index contributed by atoms with van der Waals surface area (Å²) in [5.74, 6) is 2.63. The molecule has 2 N–H and O–H groups in total. The van der Waals surface area contributed by atoms with E-state index in [2.05, 4.69) is 32.3 Å². The van der Waals surface area contributed by atoms with Crippen molar-refractivity contribution < 1.29 is 5.11 Å². The van der Waals surface area contributed by atoms with Crippen LogP contribution in [0.5, 0.6) is 5.75 Å². The molecule has 0 bridgehead atoms. The highest BCUT2D eigenvalue weighted by atomic mass is 79.9. The van der Waals surface area contributed by atoms with Crippen molar-refractivity contribution in [1.82, 2.24) is 9.78 Å². The third-order valence-electron chi connectivity index (χ3n) is 2.89. The fourth-order valence-electron chi connectivity index (χ4n) is 1.79. The van der Waals surface area contributed by atoms with Gasteiger partial charge in [0, 0.05) is 6.54 Å². The van der Waals surface area contributed by atoms with Crippen LogP contribution in [0.2, 0.25) is 0 Å². The lowest BCUT2D eigenvalue weighted by Crippen LogP contribution is -2.24. The van der Waals surface area contributed by atoms with Gasteiger partial charge >= 0.3 is 0 Å². The van der Waals surface area contributed by atoms with Crippen LogP contribution in [0, 0.1) is 12.3 Å². The molecule has 1 aromatic heterocycles. The molecule has 0 aliphatic carbocycles. The molecule has 21 heavy (non-hydrogen) atoms. The van der Waals surface area contributed by atoms with Gasteiger partial charge in [0.2, 0.25) is 0 Å². The lowest BCUT2D eigenvalue weighted by molar-refractivity contribution is 0.475. The van der Waals surface area contributed by atoms with Crippen molar-refractivity contribution in [3.05, 3.63) is 50.9 Å². The van der Waals surface area contributed by atoms with Crippen molar-refractivity contribution in [3.63, 3.8) is 0 Å². The number of aromatic nitrogens is 2. The van der Waals surface area contributed by atoms with Crippen molar-refractivity contribution in [1.29, 1.82) is 0 Å². The highest BCUT2D eigenvalue weighted by Gasteiger charge is 2.07. The zero-order valence-corrected chi connectivity index (χ0v) is 12.8. The van der Waals surface area contributed by atoms with E-state index in [1.165, 1.54) is 4.68 Å². The molecule has 1 aromatic carbocycles. The highest BCUT2D eigenvalue weighted by molar-refractivity contribution is 9.10. The summed E-state index contributed by atoms with van der Waals surface area (Å²) >= 11 is 3.26. The second-order valence-electron chi connectivity index (χ2n) is 4.38. The van der Waals surface area contributed by atoms with Gasteiger partial charge in [0.1, 0.15) is 16.8 Å². The quantitative estimate of drug-likeness (QED) is 0.811. The molecule has 0 aliphatic heterocycles. The number of terminal acetylenes is 1. The summed E-state index contributed by atoms with van der Waals surface area (Å²) in [6.45, 7) is 0.787. The number of phenolic OH excluding ortho intramolecular Hbond substituents is 1. The molecule has 1 heterocycles. The van der Waals surface area contributed by atoms with E-state index in [9.17, 15) is 9.90 Å². The summed E-state index contributed by atoms with van der Waals surface area (Å²) in [7, 11) is 0. The molecular weight excluding hydrogens is 334 g/mol. The van der Waals surface area contributed by atoms with Gasteiger partial charge in [-0.05, 0) is 40.0 Å². The number of halogens is 1. The molecule has 0 unspecified atom stereocenters. The molecule has 0 aliphatic rings. The van der Waals surface area contributed by atoms with E-state index in [0.717, 1.165) is 12.0 Å². The first-order chi connectivity index (χ1) is 10.1. The maximum atomic E-state index is 11.9. The van der Waals surface area contributed by atoms with Crippen LogP contribution in [0.1, 0.15) is 5.56 Å². The standard InChI is InChI=1S/C15H14BrN3O2/c1-2-9-19-15(21)14(16)13(10-18-19)17-8-7-11-3-5-12(20)6-4-11/h1,3-6,10,17,20H,7-9H2. The van der Waals surface area contributed by atoms with Gasteiger partial charge in [-0.2, -0.15) is 5.10 Å². The number of benzene rings is 1. The second-order valence-corrected chi connectivity index (χ2v) is 5.18. The Kier molecular flexibility index (Phi) is 5.01. The Balaban J connectivity index is 2.01. The Labute approximate surface area is 130 Å². The minimum absolute atomic E-state index is 0.144. The third kappa shape index (κ3) is 3.86. The first-order valence-corrected chi connectivity index (χ1v) is 7.12. The number of phenols is 1. The Bertz CT molecular complexity index is 717. The average Bonchev–Trinajstić information content (AvgIpc) is 2.48. The number of nitrogens with one attached hydrogen (secondary N) is 1. The monoisotopic (exact) mass is 347 g/mol. The Morgan fingerprint density at radius 1 is 1.38 bits per heavy atom.